The zero-order valence-electron chi connectivity index (χ0n) is 14.7. The zero-order valence-corrected chi connectivity index (χ0v) is 14.7. The molecule has 24 heavy (non-hydrogen) atoms. The third kappa shape index (κ3) is 5.11. The van der Waals surface area contributed by atoms with Crippen LogP contribution in [0.4, 0.5) is 0 Å². The molecule has 1 fully saturated rings. The Morgan fingerprint density at radius 3 is 2.88 bits per heavy atom. The maximum atomic E-state index is 9.30. The first kappa shape index (κ1) is 18.5. The van der Waals surface area contributed by atoms with E-state index in [9.17, 15) is 5.11 Å². The summed E-state index contributed by atoms with van der Waals surface area (Å²) in [6.07, 6.45) is 1.70. The van der Waals surface area contributed by atoms with Gasteiger partial charge < -0.3 is 25.2 Å². The van der Waals surface area contributed by atoms with Crippen molar-refractivity contribution < 1.29 is 14.6 Å². The molecule has 1 aliphatic heterocycles. The van der Waals surface area contributed by atoms with Crippen LogP contribution in [0, 0.1) is 5.41 Å². The van der Waals surface area contributed by atoms with Gasteiger partial charge in [0.05, 0.1) is 13.2 Å². The van der Waals surface area contributed by atoms with E-state index in [1.807, 2.05) is 31.2 Å². The van der Waals surface area contributed by atoms with Crippen LogP contribution in [0.1, 0.15) is 25.3 Å². The maximum Gasteiger partial charge on any atom is 0.191 e. The molecule has 0 radical (unpaired) electrons. The van der Waals surface area contributed by atoms with Crippen molar-refractivity contribution in [2.75, 3.05) is 40.0 Å². The predicted octanol–water partition coefficient (Wildman–Crippen LogP) is 1.54. The lowest BCUT2D eigenvalue weighted by molar-refractivity contribution is 0.127. The van der Waals surface area contributed by atoms with E-state index < -0.39 is 0 Å². The number of hydrogen-bond donors (Lipinski definition) is 3. The Bertz CT molecular complexity index is 528. The number of nitrogens with one attached hydrogen (secondary N) is 2. The van der Waals surface area contributed by atoms with Gasteiger partial charge in [-0.05, 0) is 25.8 Å². The molecule has 0 aromatic heterocycles. The quantitative estimate of drug-likeness (QED) is 0.496. The molecule has 1 heterocycles. The lowest BCUT2D eigenvalue weighted by Crippen LogP contribution is -2.44. The molecule has 134 valence electrons. The second-order valence-electron chi connectivity index (χ2n) is 6.10. The first-order valence-corrected chi connectivity index (χ1v) is 8.57. The molecule has 1 unspecified atom stereocenters. The highest BCUT2D eigenvalue weighted by molar-refractivity contribution is 5.79. The minimum Gasteiger partial charge on any atom is -0.494 e. The van der Waals surface area contributed by atoms with Gasteiger partial charge >= 0.3 is 0 Å². The average Bonchev–Trinajstić information content (AvgIpc) is 3.06. The van der Waals surface area contributed by atoms with Gasteiger partial charge in [0.15, 0.2) is 5.96 Å². The van der Waals surface area contributed by atoms with Gasteiger partial charge in [0, 0.05) is 44.3 Å². The zero-order chi connectivity index (χ0) is 17.3. The molecule has 1 aromatic rings. The van der Waals surface area contributed by atoms with E-state index in [1.165, 1.54) is 0 Å². The minimum atomic E-state index is -0.00437. The van der Waals surface area contributed by atoms with Crippen LogP contribution in [0.5, 0.6) is 5.75 Å². The Hall–Kier alpha value is -1.79. The number of guanidine groups is 1. The predicted molar refractivity (Wildman–Crippen MR) is 95.4 cm³/mol. The number of aliphatic hydroxyl groups excluding tert-OH is 1. The molecule has 1 saturated heterocycles. The second kappa shape index (κ2) is 9.49. The third-order valence-corrected chi connectivity index (χ3v) is 4.40. The van der Waals surface area contributed by atoms with Gasteiger partial charge in [-0.1, -0.05) is 18.2 Å². The molecule has 6 nitrogen and oxygen atoms in total. The summed E-state index contributed by atoms with van der Waals surface area (Å²) in [5.41, 5.74) is 1.09. The fourth-order valence-corrected chi connectivity index (χ4v) is 2.93. The Balaban J connectivity index is 1.89. The number of para-hydroxylation sites is 1. The summed E-state index contributed by atoms with van der Waals surface area (Å²) in [5.74, 6) is 1.63. The van der Waals surface area contributed by atoms with Crippen molar-refractivity contribution in [1.29, 1.82) is 0 Å². The summed E-state index contributed by atoms with van der Waals surface area (Å²) in [5, 5.41) is 16.0. The first-order valence-electron chi connectivity index (χ1n) is 8.57. The van der Waals surface area contributed by atoms with E-state index in [-0.39, 0.29) is 12.0 Å². The molecular weight excluding hydrogens is 306 g/mol. The summed E-state index contributed by atoms with van der Waals surface area (Å²) < 4.78 is 11.2. The summed E-state index contributed by atoms with van der Waals surface area (Å²) in [6, 6.07) is 7.99. The maximum absolute atomic E-state index is 9.30. The van der Waals surface area contributed by atoms with Gasteiger partial charge in [0.1, 0.15) is 5.75 Å². The van der Waals surface area contributed by atoms with Crippen LogP contribution >= 0.6 is 0 Å². The van der Waals surface area contributed by atoms with E-state index in [2.05, 4.69) is 15.6 Å². The largest absolute Gasteiger partial charge is 0.494 e. The normalized spacial score (nSPS) is 20.9. The van der Waals surface area contributed by atoms with Crippen molar-refractivity contribution in [3.05, 3.63) is 29.8 Å². The molecule has 0 aliphatic carbocycles. The SMILES string of the molecule is CCOc1ccccc1CNC(=NC)NCC1(CCO)CCOC1. The molecule has 3 N–H and O–H groups in total. The molecule has 1 atom stereocenters. The van der Waals surface area contributed by atoms with Crippen LogP contribution in [-0.2, 0) is 11.3 Å². The first-order chi connectivity index (χ1) is 11.7. The van der Waals surface area contributed by atoms with Crippen LogP contribution in [0.3, 0.4) is 0 Å². The smallest absolute Gasteiger partial charge is 0.191 e. The van der Waals surface area contributed by atoms with E-state index >= 15 is 0 Å². The van der Waals surface area contributed by atoms with Gasteiger partial charge in [-0.15, -0.1) is 0 Å². The number of hydrogen-bond acceptors (Lipinski definition) is 4. The van der Waals surface area contributed by atoms with Crippen molar-refractivity contribution in [2.45, 2.75) is 26.3 Å². The Kier molecular flexibility index (Phi) is 7.34. The number of benzene rings is 1. The molecule has 0 bridgehead atoms. The number of aliphatic hydroxyl groups is 1. The van der Waals surface area contributed by atoms with Crippen LogP contribution in [-0.4, -0.2) is 51.1 Å². The van der Waals surface area contributed by atoms with Crippen molar-refractivity contribution >= 4 is 5.96 Å². The van der Waals surface area contributed by atoms with Gasteiger partial charge in [-0.2, -0.15) is 0 Å². The summed E-state index contributed by atoms with van der Waals surface area (Å²) in [7, 11) is 1.76. The highest BCUT2D eigenvalue weighted by Crippen LogP contribution is 2.31. The summed E-state index contributed by atoms with van der Waals surface area (Å²) in [6.45, 7) is 5.63. The summed E-state index contributed by atoms with van der Waals surface area (Å²) in [4.78, 5) is 4.28. The van der Waals surface area contributed by atoms with Gasteiger partial charge in [0.25, 0.3) is 0 Å². The van der Waals surface area contributed by atoms with Crippen LogP contribution < -0.4 is 15.4 Å². The molecule has 1 aliphatic rings. The van der Waals surface area contributed by atoms with E-state index in [4.69, 9.17) is 9.47 Å². The average molecular weight is 335 g/mol. The van der Waals surface area contributed by atoms with E-state index in [0.29, 0.717) is 19.8 Å². The molecule has 1 aromatic carbocycles. The molecule has 0 saturated carbocycles. The number of aliphatic imine (C=N–C) groups is 1. The van der Waals surface area contributed by atoms with Crippen molar-refractivity contribution in [3.8, 4) is 5.75 Å². The fourth-order valence-electron chi connectivity index (χ4n) is 2.93. The van der Waals surface area contributed by atoms with Gasteiger partial charge in [0.2, 0.25) is 0 Å². The molecule has 0 amide bonds. The minimum absolute atomic E-state index is 0.00437. The third-order valence-electron chi connectivity index (χ3n) is 4.40. The van der Waals surface area contributed by atoms with Gasteiger partial charge in [-0.3, -0.25) is 4.99 Å². The van der Waals surface area contributed by atoms with E-state index in [1.54, 1.807) is 7.05 Å². The van der Waals surface area contributed by atoms with Crippen LogP contribution in [0.2, 0.25) is 0 Å². The molecule has 2 rings (SSSR count). The Morgan fingerprint density at radius 1 is 1.38 bits per heavy atom. The highest BCUT2D eigenvalue weighted by atomic mass is 16.5. The highest BCUT2D eigenvalue weighted by Gasteiger charge is 2.34. The fraction of sp³-hybridized carbons (Fsp3) is 0.611. The number of rotatable bonds is 8. The van der Waals surface area contributed by atoms with Crippen molar-refractivity contribution in [3.63, 3.8) is 0 Å². The number of ether oxygens (including phenoxy) is 2. The topological polar surface area (TPSA) is 75.1 Å². The summed E-state index contributed by atoms with van der Waals surface area (Å²) >= 11 is 0. The second-order valence-corrected chi connectivity index (χ2v) is 6.10. The Morgan fingerprint density at radius 2 is 2.21 bits per heavy atom. The lowest BCUT2D eigenvalue weighted by atomic mass is 9.84. The van der Waals surface area contributed by atoms with Crippen LogP contribution in [0.25, 0.3) is 0 Å². The van der Waals surface area contributed by atoms with E-state index in [0.717, 1.165) is 43.3 Å². The molecule has 0 spiro atoms. The van der Waals surface area contributed by atoms with Crippen molar-refractivity contribution in [1.82, 2.24) is 10.6 Å². The monoisotopic (exact) mass is 335 g/mol. The van der Waals surface area contributed by atoms with Crippen LogP contribution in [0.15, 0.2) is 29.3 Å². The molecule has 6 heteroatoms. The Labute approximate surface area is 144 Å². The standard InChI is InChI=1S/C18H29N3O3/c1-3-24-16-7-5-4-6-15(16)12-20-17(19-2)21-13-18(8-10-22)9-11-23-14-18/h4-7,22H,3,8-14H2,1-2H3,(H2,19,20,21). The van der Waals surface area contributed by atoms with Gasteiger partial charge in [-0.25, -0.2) is 0 Å². The number of nitrogens with zero attached hydrogens (tertiary/aromatic N) is 1. The lowest BCUT2D eigenvalue weighted by Gasteiger charge is -2.27. The molecular formula is C18H29N3O3. The van der Waals surface area contributed by atoms with Crippen molar-refractivity contribution in [2.24, 2.45) is 10.4 Å².